The molecule has 3 rings (SSSR count). The molecule has 7 nitrogen and oxygen atoms in total. The zero-order valence-electron chi connectivity index (χ0n) is 52.9. The van der Waals surface area contributed by atoms with Gasteiger partial charge in [0, 0.05) is 43.1 Å². The minimum absolute atomic E-state index is 0.0672. The Hall–Kier alpha value is -5.07. The van der Waals surface area contributed by atoms with Gasteiger partial charge in [-0.3, -0.25) is 14.4 Å². The number of ether oxygens (including phenoxy) is 3. The van der Waals surface area contributed by atoms with Gasteiger partial charge in [0.25, 0.3) is 0 Å². The van der Waals surface area contributed by atoms with Gasteiger partial charge in [-0.15, -0.1) is 5.73 Å². The molecule has 5 atom stereocenters. The number of hydrogen-bond acceptors (Lipinski definition) is 7. The molecule has 3 fully saturated rings. The van der Waals surface area contributed by atoms with E-state index in [9.17, 15) is 19.5 Å². The molecule has 3 aliphatic rings. The first-order chi connectivity index (χ1) is 38.6. The second-order valence-electron chi connectivity index (χ2n) is 25.1. The molecular formula is C74H110O7. The minimum atomic E-state index is -1.14. The number of epoxide rings is 1. The number of aliphatic hydroxyl groups is 1. The highest BCUT2D eigenvalue weighted by Crippen LogP contribution is 2.67. The van der Waals surface area contributed by atoms with E-state index in [1.54, 1.807) is 0 Å². The van der Waals surface area contributed by atoms with Crippen molar-refractivity contribution in [1.82, 2.24) is 0 Å². The Morgan fingerprint density at radius 2 is 1.02 bits per heavy atom. The molecule has 0 bridgehead atoms. The fourth-order valence-electron chi connectivity index (χ4n) is 11.7. The van der Waals surface area contributed by atoms with Crippen LogP contribution in [0.25, 0.3) is 0 Å². The number of esters is 2. The molecule has 0 spiro atoms. The zero-order chi connectivity index (χ0) is 59.6. The zero-order valence-corrected chi connectivity index (χ0v) is 52.9. The lowest BCUT2D eigenvalue weighted by Crippen LogP contribution is -2.49. The fourth-order valence-corrected chi connectivity index (χ4v) is 11.7. The van der Waals surface area contributed by atoms with Crippen LogP contribution in [0, 0.1) is 10.8 Å². The summed E-state index contributed by atoms with van der Waals surface area (Å²) in [5.41, 5.74) is 5.13. The molecule has 0 aromatic rings. The average Bonchev–Trinajstić information content (AvgIpc) is 2.31. The molecule has 1 heterocycles. The van der Waals surface area contributed by atoms with Crippen LogP contribution in [0.15, 0.2) is 161 Å². The summed E-state index contributed by atoms with van der Waals surface area (Å²) in [4.78, 5) is 39.3. The summed E-state index contributed by atoms with van der Waals surface area (Å²) in [7, 11) is 0. The van der Waals surface area contributed by atoms with Gasteiger partial charge in [-0.1, -0.05) is 213 Å². The average molecular weight is 1110 g/mol. The lowest BCUT2D eigenvalue weighted by molar-refractivity contribution is -0.156. The summed E-state index contributed by atoms with van der Waals surface area (Å²) >= 11 is 0. The van der Waals surface area contributed by atoms with Crippen LogP contribution >= 0.6 is 0 Å². The molecule has 1 N–H and O–H groups in total. The summed E-state index contributed by atoms with van der Waals surface area (Å²) in [6.45, 7) is 24.7. The van der Waals surface area contributed by atoms with Gasteiger partial charge in [-0.25, -0.2) is 0 Å². The summed E-state index contributed by atoms with van der Waals surface area (Å²) in [5, 5.41) is 11.6. The summed E-state index contributed by atoms with van der Waals surface area (Å²) in [6.07, 6.45) is 66.8. The second kappa shape index (κ2) is 37.2. The van der Waals surface area contributed by atoms with Gasteiger partial charge in [0.2, 0.25) is 0 Å². The Morgan fingerprint density at radius 3 is 1.58 bits per heavy atom. The highest BCUT2D eigenvalue weighted by atomic mass is 16.6. The first-order valence-corrected chi connectivity index (χ1v) is 31.4. The number of unbranched alkanes of at least 4 members (excludes halogenated alkanes) is 11. The Morgan fingerprint density at radius 1 is 0.556 bits per heavy atom. The van der Waals surface area contributed by atoms with Crippen molar-refractivity contribution in [2.45, 2.75) is 273 Å². The monoisotopic (exact) mass is 1110 g/mol. The molecular weight excluding hydrogens is 1000 g/mol. The summed E-state index contributed by atoms with van der Waals surface area (Å²) < 4.78 is 18.4. The molecule has 7 heteroatoms. The van der Waals surface area contributed by atoms with Gasteiger partial charge in [0.05, 0.1) is 11.2 Å². The van der Waals surface area contributed by atoms with Crippen molar-refractivity contribution >= 4 is 17.7 Å². The maximum atomic E-state index is 13.6. The van der Waals surface area contributed by atoms with Crippen LogP contribution in [0.4, 0.5) is 0 Å². The smallest absolute Gasteiger partial charge is 0.306 e. The van der Waals surface area contributed by atoms with Gasteiger partial charge in [-0.05, 0) is 154 Å². The van der Waals surface area contributed by atoms with Crippen molar-refractivity contribution in [3.05, 3.63) is 161 Å². The van der Waals surface area contributed by atoms with Crippen molar-refractivity contribution < 1.29 is 33.7 Å². The van der Waals surface area contributed by atoms with E-state index >= 15 is 0 Å². The van der Waals surface area contributed by atoms with Crippen LogP contribution < -0.4 is 0 Å². The molecule has 0 aromatic heterocycles. The maximum absolute atomic E-state index is 13.6. The number of carbonyl (C=O) groups is 3. The second-order valence-corrected chi connectivity index (χ2v) is 25.1. The van der Waals surface area contributed by atoms with Gasteiger partial charge >= 0.3 is 11.9 Å². The molecule has 0 amide bonds. The largest absolute Gasteiger partial charge is 0.462 e. The molecule has 448 valence electrons. The number of Topliss-reactive ketones (excluding diaryl/α,β-unsaturated/α-hetero) is 1. The fraction of sp³-hybridized carbons (Fsp3) is 0.595. The van der Waals surface area contributed by atoms with E-state index < -0.39 is 16.8 Å². The Kier molecular flexibility index (Phi) is 32.2. The van der Waals surface area contributed by atoms with E-state index in [0.29, 0.717) is 50.5 Å². The Balaban J connectivity index is 1.38. The van der Waals surface area contributed by atoms with Gasteiger partial charge in [0.1, 0.15) is 17.8 Å². The number of fused-ring (bicyclic) bond motifs is 1. The third-order valence-electron chi connectivity index (χ3n) is 16.2. The summed E-state index contributed by atoms with van der Waals surface area (Å²) in [6, 6.07) is 0. The van der Waals surface area contributed by atoms with Gasteiger partial charge in [0.15, 0.2) is 5.78 Å². The lowest BCUT2D eigenvalue weighted by atomic mass is 9.61. The van der Waals surface area contributed by atoms with Crippen molar-refractivity contribution in [2.75, 3.05) is 0 Å². The van der Waals surface area contributed by atoms with E-state index in [1.165, 1.54) is 44.9 Å². The van der Waals surface area contributed by atoms with E-state index in [2.05, 4.69) is 134 Å². The lowest BCUT2D eigenvalue weighted by Gasteiger charge is -2.44. The Bertz CT molecular complexity index is 2390. The predicted octanol–water partition coefficient (Wildman–Crippen LogP) is 19.8. The standard InChI is InChI=1S/C74H110O7/c1-13-15-17-19-21-23-25-27-28-30-32-34-36-38-40-52-69(77)80-65-56-71(9,10)74(73(12,58-65)81-74)59-66(75)63(6)50-44-49-61(4)46-42-41-45-60(3)47-43-48-62(5)53-54-67-70(7,8)55-64(57-72(67,11)78)79-68(76)51-39-37-35-33-31-29-26-24-22-20-18-16-14-2/h15,17,21,23-24,26-28,32,34,41-50,53,64-65,78H,13-14,16,18-20,22,25,29-31,33,35-40,51-52,55-59H2,1-12H3/b17-15-,23-21-,26-24-,28-27-,34-32-,42-41+,47-43+,49-44+,60-45+,61-46+,62-48+,63-50+/t54?,64-,65-,72+,73+,74-/m0/s1. The number of hydrogen-bond donors (Lipinski definition) is 1. The van der Waals surface area contributed by atoms with Crippen LogP contribution in [0.5, 0.6) is 0 Å². The topological polar surface area (TPSA) is 102 Å². The predicted molar refractivity (Wildman–Crippen MR) is 342 cm³/mol. The van der Waals surface area contributed by atoms with Crippen molar-refractivity contribution in [2.24, 2.45) is 10.8 Å². The number of allylic oxidation sites excluding steroid dienone is 24. The quantitative estimate of drug-likeness (QED) is 0.0126. The van der Waals surface area contributed by atoms with Gasteiger partial charge < -0.3 is 19.3 Å². The third-order valence-corrected chi connectivity index (χ3v) is 16.2. The van der Waals surface area contributed by atoms with Crippen LogP contribution in [0.2, 0.25) is 0 Å². The van der Waals surface area contributed by atoms with Crippen LogP contribution in [-0.2, 0) is 28.6 Å². The molecule has 1 aliphatic heterocycles. The van der Waals surface area contributed by atoms with Gasteiger partial charge in [-0.2, -0.15) is 0 Å². The molecule has 2 aliphatic carbocycles. The summed E-state index contributed by atoms with van der Waals surface area (Å²) in [5.74, 6) is -0.244. The van der Waals surface area contributed by atoms with E-state index in [-0.39, 0.29) is 40.8 Å². The van der Waals surface area contributed by atoms with Crippen LogP contribution in [-0.4, -0.2) is 51.8 Å². The highest BCUT2D eigenvalue weighted by molar-refractivity contribution is 5.96. The van der Waals surface area contributed by atoms with Crippen molar-refractivity contribution in [3.63, 3.8) is 0 Å². The third kappa shape index (κ3) is 26.8. The first-order valence-electron chi connectivity index (χ1n) is 31.4. The SMILES string of the molecule is CC/C=C\C/C=C\C/C=C\C/C=C\CCCCC(=O)O[C@H]1CC(C)(C)[C@]2(CC(=O)/C(C)=C/C=C/C(C)=C/C=C/C=C(C)/C=C/C=C(\C)C=C=C3C(C)(C)C[C@H](OC(=O)CCCCCCC/C=C\CCCCCC)C[C@@]3(C)O)O[C@]2(C)C1. The van der Waals surface area contributed by atoms with Crippen molar-refractivity contribution in [1.29, 1.82) is 0 Å². The van der Waals surface area contributed by atoms with Crippen molar-refractivity contribution in [3.8, 4) is 0 Å². The maximum Gasteiger partial charge on any atom is 0.306 e. The number of carbonyl (C=O) groups excluding carboxylic acids is 3. The van der Waals surface area contributed by atoms with Crippen LogP contribution in [0.3, 0.4) is 0 Å². The minimum Gasteiger partial charge on any atom is -0.462 e. The van der Waals surface area contributed by atoms with E-state index in [4.69, 9.17) is 14.2 Å². The number of rotatable bonds is 37. The molecule has 0 aromatic carbocycles. The first kappa shape index (κ1) is 70.2. The van der Waals surface area contributed by atoms with Crippen LogP contribution in [0.1, 0.15) is 244 Å². The molecule has 1 saturated heterocycles. The number of ketones is 1. The molecule has 0 radical (unpaired) electrons. The highest BCUT2D eigenvalue weighted by Gasteiger charge is 2.76. The molecule has 81 heavy (non-hydrogen) atoms. The normalized spacial score (nSPS) is 24.5. The van der Waals surface area contributed by atoms with E-state index in [0.717, 1.165) is 92.9 Å². The van der Waals surface area contributed by atoms with E-state index in [1.807, 2.05) is 82.4 Å². The molecule has 2 saturated carbocycles. The Labute approximate surface area is 493 Å². The molecule has 0 unspecified atom stereocenters.